The molecule has 3 N–H and O–H groups in total. The summed E-state index contributed by atoms with van der Waals surface area (Å²) in [6.45, 7) is 2.15. The monoisotopic (exact) mass is 334 g/mol. The topological polar surface area (TPSA) is 89.9 Å². The molecule has 1 aromatic rings. The number of rotatable bonds is 8. The van der Waals surface area contributed by atoms with E-state index in [9.17, 15) is 19.8 Å². The number of carbonyl (C=O) groups is 2. The first-order valence-corrected chi connectivity index (χ1v) is 8.47. The standard InChI is InChI=1S/C18H26N2O4/c1-13(17(22)20-11-5-8-16(20)18(23)24)19-15(12-21)10-9-14-6-3-2-4-7-14/h2-4,6-7,13,15-16,19,21H,5,8-12H2,1H3,(H,23,24)/t13-,15-,16-/m0/s1. The average molecular weight is 334 g/mol. The van der Waals surface area contributed by atoms with Gasteiger partial charge in [0.2, 0.25) is 5.91 Å². The molecule has 6 nitrogen and oxygen atoms in total. The van der Waals surface area contributed by atoms with Crippen LogP contribution in [0.15, 0.2) is 30.3 Å². The van der Waals surface area contributed by atoms with Gasteiger partial charge in [-0.15, -0.1) is 0 Å². The lowest BCUT2D eigenvalue weighted by molar-refractivity contribution is -0.149. The molecule has 0 aromatic heterocycles. The number of nitrogens with zero attached hydrogens (tertiary/aromatic N) is 1. The van der Waals surface area contributed by atoms with Crippen LogP contribution in [0.2, 0.25) is 0 Å². The van der Waals surface area contributed by atoms with Crippen molar-refractivity contribution >= 4 is 11.9 Å². The van der Waals surface area contributed by atoms with E-state index in [0.29, 0.717) is 25.8 Å². The Kier molecular flexibility index (Phi) is 6.75. The second kappa shape index (κ2) is 8.80. The van der Waals surface area contributed by atoms with Crippen LogP contribution in [0.25, 0.3) is 0 Å². The maximum atomic E-state index is 12.5. The first-order chi connectivity index (χ1) is 11.5. The van der Waals surface area contributed by atoms with Crippen molar-refractivity contribution in [1.29, 1.82) is 0 Å². The lowest BCUT2D eigenvalue weighted by Crippen LogP contribution is -2.52. The van der Waals surface area contributed by atoms with Gasteiger partial charge in [0.1, 0.15) is 6.04 Å². The molecular weight excluding hydrogens is 308 g/mol. The Labute approximate surface area is 142 Å². The third kappa shape index (κ3) is 4.79. The van der Waals surface area contributed by atoms with Gasteiger partial charge in [-0.05, 0) is 38.2 Å². The van der Waals surface area contributed by atoms with E-state index in [0.717, 1.165) is 6.42 Å². The number of carboxylic acids is 1. The van der Waals surface area contributed by atoms with Crippen LogP contribution in [-0.4, -0.2) is 58.3 Å². The molecule has 0 radical (unpaired) electrons. The van der Waals surface area contributed by atoms with Crippen molar-refractivity contribution in [3.8, 4) is 0 Å². The normalized spacial score (nSPS) is 19.9. The van der Waals surface area contributed by atoms with E-state index in [-0.39, 0.29) is 18.6 Å². The number of hydrogen-bond donors (Lipinski definition) is 3. The van der Waals surface area contributed by atoms with Crippen molar-refractivity contribution in [2.24, 2.45) is 0 Å². The van der Waals surface area contributed by atoms with Gasteiger partial charge in [-0.2, -0.15) is 0 Å². The van der Waals surface area contributed by atoms with E-state index in [1.54, 1.807) is 6.92 Å². The molecule has 1 fully saturated rings. The summed E-state index contributed by atoms with van der Waals surface area (Å²) in [6.07, 6.45) is 2.74. The van der Waals surface area contributed by atoms with Crippen molar-refractivity contribution in [3.05, 3.63) is 35.9 Å². The highest BCUT2D eigenvalue weighted by Gasteiger charge is 2.36. The van der Waals surface area contributed by atoms with Crippen molar-refractivity contribution in [2.45, 2.75) is 50.7 Å². The number of aliphatic hydroxyl groups is 1. The Hall–Kier alpha value is -1.92. The first kappa shape index (κ1) is 18.4. The van der Waals surface area contributed by atoms with Crippen LogP contribution in [0.4, 0.5) is 0 Å². The molecule has 0 bridgehead atoms. The van der Waals surface area contributed by atoms with Crippen LogP contribution in [0.1, 0.15) is 31.7 Å². The summed E-state index contributed by atoms with van der Waals surface area (Å²) < 4.78 is 0. The molecule has 3 atom stereocenters. The fourth-order valence-electron chi connectivity index (χ4n) is 3.17. The number of amides is 1. The molecule has 1 heterocycles. The summed E-state index contributed by atoms with van der Waals surface area (Å²) in [5.41, 5.74) is 1.18. The van der Waals surface area contributed by atoms with Gasteiger partial charge >= 0.3 is 5.97 Å². The number of aliphatic carboxylic acids is 1. The van der Waals surface area contributed by atoms with Crippen molar-refractivity contribution in [3.63, 3.8) is 0 Å². The molecule has 24 heavy (non-hydrogen) atoms. The van der Waals surface area contributed by atoms with E-state index < -0.39 is 18.1 Å². The van der Waals surface area contributed by atoms with Gasteiger partial charge in [0.05, 0.1) is 12.6 Å². The number of benzene rings is 1. The third-order valence-electron chi connectivity index (χ3n) is 4.52. The summed E-state index contributed by atoms with van der Waals surface area (Å²) in [7, 11) is 0. The van der Waals surface area contributed by atoms with Crippen LogP contribution in [-0.2, 0) is 16.0 Å². The van der Waals surface area contributed by atoms with Crippen molar-refractivity contribution in [2.75, 3.05) is 13.2 Å². The fourth-order valence-corrected chi connectivity index (χ4v) is 3.17. The lowest BCUT2D eigenvalue weighted by Gasteiger charge is -2.28. The van der Waals surface area contributed by atoms with Gasteiger partial charge in [-0.3, -0.25) is 4.79 Å². The largest absolute Gasteiger partial charge is 0.480 e. The van der Waals surface area contributed by atoms with Gasteiger partial charge in [0, 0.05) is 12.6 Å². The second-order valence-corrected chi connectivity index (χ2v) is 6.32. The highest BCUT2D eigenvalue weighted by atomic mass is 16.4. The Morgan fingerprint density at radius 2 is 2.04 bits per heavy atom. The number of hydrogen-bond acceptors (Lipinski definition) is 4. The number of carbonyl (C=O) groups excluding carboxylic acids is 1. The van der Waals surface area contributed by atoms with E-state index in [1.165, 1.54) is 10.5 Å². The van der Waals surface area contributed by atoms with E-state index in [4.69, 9.17) is 0 Å². The molecule has 1 aliphatic rings. The molecule has 6 heteroatoms. The Morgan fingerprint density at radius 1 is 1.33 bits per heavy atom. The zero-order valence-electron chi connectivity index (χ0n) is 14.0. The molecule has 0 unspecified atom stereocenters. The molecule has 132 valence electrons. The Balaban J connectivity index is 1.87. The van der Waals surface area contributed by atoms with Gasteiger partial charge < -0.3 is 20.4 Å². The van der Waals surface area contributed by atoms with Gasteiger partial charge in [-0.25, -0.2) is 4.79 Å². The van der Waals surface area contributed by atoms with Crippen LogP contribution in [0.5, 0.6) is 0 Å². The summed E-state index contributed by atoms with van der Waals surface area (Å²) in [4.78, 5) is 25.2. The zero-order valence-corrected chi connectivity index (χ0v) is 14.0. The maximum Gasteiger partial charge on any atom is 0.326 e. The molecule has 0 aliphatic carbocycles. The minimum Gasteiger partial charge on any atom is -0.480 e. The van der Waals surface area contributed by atoms with Crippen LogP contribution >= 0.6 is 0 Å². The summed E-state index contributed by atoms with van der Waals surface area (Å²) in [5.74, 6) is -1.16. The van der Waals surface area contributed by atoms with E-state index in [2.05, 4.69) is 5.32 Å². The molecule has 1 amide bonds. The van der Waals surface area contributed by atoms with Gasteiger partial charge in [0.15, 0.2) is 0 Å². The number of aliphatic hydroxyl groups excluding tert-OH is 1. The minimum absolute atomic E-state index is 0.0627. The first-order valence-electron chi connectivity index (χ1n) is 8.47. The quantitative estimate of drug-likeness (QED) is 0.661. The number of carboxylic acid groups (broad SMARTS) is 1. The summed E-state index contributed by atoms with van der Waals surface area (Å²) >= 11 is 0. The lowest BCUT2D eigenvalue weighted by atomic mass is 10.0. The molecular formula is C18H26N2O4. The van der Waals surface area contributed by atoms with Gasteiger partial charge in [0.25, 0.3) is 0 Å². The van der Waals surface area contributed by atoms with Gasteiger partial charge in [-0.1, -0.05) is 30.3 Å². The molecule has 2 rings (SSSR count). The Bertz CT molecular complexity index is 549. The molecule has 0 spiro atoms. The van der Waals surface area contributed by atoms with Crippen LogP contribution in [0.3, 0.4) is 0 Å². The highest BCUT2D eigenvalue weighted by Crippen LogP contribution is 2.18. The second-order valence-electron chi connectivity index (χ2n) is 6.32. The number of likely N-dealkylation sites (tertiary alicyclic amines) is 1. The molecule has 1 aromatic carbocycles. The average Bonchev–Trinajstić information content (AvgIpc) is 3.08. The van der Waals surface area contributed by atoms with E-state index >= 15 is 0 Å². The smallest absolute Gasteiger partial charge is 0.326 e. The number of nitrogens with one attached hydrogen (secondary N) is 1. The molecule has 0 saturated carbocycles. The third-order valence-corrected chi connectivity index (χ3v) is 4.52. The summed E-state index contributed by atoms with van der Waals surface area (Å²) in [5, 5.41) is 21.9. The molecule has 1 aliphatic heterocycles. The minimum atomic E-state index is -0.948. The maximum absolute atomic E-state index is 12.5. The predicted octanol–water partition coefficient (Wildman–Crippen LogP) is 1.03. The zero-order chi connectivity index (χ0) is 17.5. The highest BCUT2D eigenvalue weighted by molar-refractivity contribution is 5.87. The summed E-state index contributed by atoms with van der Waals surface area (Å²) in [6, 6.07) is 8.53. The Morgan fingerprint density at radius 3 is 2.67 bits per heavy atom. The van der Waals surface area contributed by atoms with Crippen molar-refractivity contribution < 1.29 is 19.8 Å². The fraction of sp³-hybridized carbons (Fsp3) is 0.556. The predicted molar refractivity (Wildman–Crippen MR) is 90.6 cm³/mol. The van der Waals surface area contributed by atoms with E-state index in [1.807, 2.05) is 30.3 Å². The molecule has 1 saturated heterocycles. The van der Waals surface area contributed by atoms with Crippen molar-refractivity contribution in [1.82, 2.24) is 10.2 Å². The number of aryl methyl sites for hydroxylation is 1. The van der Waals surface area contributed by atoms with Crippen LogP contribution in [0, 0.1) is 0 Å². The SMILES string of the molecule is C[C@H](N[C@H](CO)CCc1ccccc1)C(=O)N1CCC[C@H]1C(=O)O. The van der Waals surface area contributed by atoms with Crippen LogP contribution < -0.4 is 5.32 Å².